The van der Waals surface area contributed by atoms with Crippen molar-refractivity contribution in [3.63, 3.8) is 0 Å². The average molecular weight is 343 g/mol. The summed E-state index contributed by atoms with van der Waals surface area (Å²) in [6, 6.07) is 2.40. The van der Waals surface area contributed by atoms with E-state index in [9.17, 15) is 9.90 Å². The van der Waals surface area contributed by atoms with E-state index in [1.807, 2.05) is 19.9 Å². The average Bonchev–Trinajstić information content (AvgIpc) is 3.40. The van der Waals surface area contributed by atoms with Crippen LogP contribution >= 0.6 is 0 Å². The van der Waals surface area contributed by atoms with Crippen molar-refractivity contribution in [1.82, 2.24) is 5.32 Å². The van der Waals surface area contributed by atoms with Gasteiger partial charge >= 0.3 is 0 Å². The molecule has 1 fully saturated rings. The van der Waals surface area contributed by atoms with Crippen LogP contribution in [0.1, 0.15) is 54.5 Å². The maximum atomic E-state index is 12.5. The van der Waals surface area contributed by atoms with E-state index < -0.39 is 6.10 Å². The van der Waals surface area contributed by atoms with E-state index in [4.69, 9.17) is 4.74 Å². The lowest BCUT2D eigenvalue weighted by molar-refractivity contribution is -0.128. The Morgan fingerprint density at radius 1 is 1.44 bits per heavy atom. The number of amides is 1. The normalized spacial score (nSPS) is 23.5. The molecule has 1 unspecified atom stereocenters. The molecule has 0 spiro atoms. The second-order valence-electron chi connectivity index (χ2n) is 7.53. The highest BCUT2D eigenvalue weighted by Crippen LogP contribution is 2.44. The van der Waals surface area contributed by atoms with E-state index >= 15 is 0 Å². The number of ether oxygens (including phenoxy) is 1. The zero-order chi connectivity index (χ0) is 18.1. The van der Waals surface area contributed by atoms with Crippen LogP contribution in [-0.2, 0) is 11.2 Å². The fourth-order valence-corrected chi connectivity index (χ4v) is 3.96. The molecule has 0 saturated heterocycles. The summed E-state index contributed by atoms with van der Waals surface area (Å²) in [5, 5.41) is 14.2. The lowest BCUT2D eigenvalue weighted by Crippen LogP contribution is -2.38. The van der Waals surface area contributed by atoms with E-state index in [0.29, 0.717) is 12.6 Å². The van der Waals surface area contributed by atoms with Gasteiger partial charge in [0.25, 0.3) is 0 Å². The number of rotatable bonds is 6. The van der Waals surface area contributed by atoms with Crippen LogP contribution in [0.5, 0.6) is 5.75 Å². The van der Waals surface area contributed by atoms with Gasteiger partial charge in [-0.25, -0.2) is 0 Å². The van der Waals surface area contributed by atoms with Gasteiger partial charge in [-0.2, -0.15) is 0 Å². The molecule has 1 aromatic rings. The minimum atomic E-state index is -0.630. The molecule has 2 aliphatic rings. The molecule has 0 radical (unpaired) electrons. The number of aryl methyl sites for hydroxylation is 1. The summed E-state index contributed by atoms with van der Waals surface area (Å²) in [6.07, 6.45) is 4.98. The second kappa shape index (κ2) is 7.20. The van der Waals surface area contributed by atoms with E-state index in [1.54, 1.807) is 6.08 Å². The molecule has 0 aliphatic heterocycles. The highest BCUT2D eigenvalue weighted by Gasteiger charge is 2.38. The molecule has 1 amide bonds. The summed E-state index contributed by atoms with van der Waals surface area (Å²) in [4.78, 5) is 12.5. The largest absolute Gasteiger partial charge is 0.489 e. The molecule has 25 heavy (non-hydrogen) atoms. The Morgan fingerprint density at radius 2 is 2.16 bits per heavy atom. The SMILES string of the molecule is C=CCOc1cc(C)c2c(c1C)[C@H](O)C([C@H](C)C(=O)NC1CC1)CC2. The summed E-state index contributed by atoms with van der Waals surface area (Å²) in [5.74, 6) is 0.620. The first-order valence-electron chi connectivity index (χ1n) is 9.29. The number of nitrogens with one attached hydrogen (secondary N) is 1. The van der Waals surface area contributed by atoms with Gasteiger partial charge in [-0.1, -0.05) is 19.6 Å². The monoisotopic (exact) mass is 343 g/mol. The molecular weight excluding hydrogens is 314 g/mol. The van der Waals surface area contributed by atoms with E-state index in [0.717, 1.165) is 48.1 Å². The Morgan fingerprint density at radius 3 is 2.80 bits per heavy atom. The lowest BCUT2D eigenvalue weighted by atomic mass is 9.72. The first kappa shape index (κ1) is 18.0. The van der Waals surface area contributed by atoms with Gasteiger partial charge in [-0.05, 0) is 67.9 Å². The Bertz CT molecular complexity index is 678. The van der Waals surface area contributed by atoms with E-state index in [-0.39, 0.29) is 17.7 Å². The fraction of sp³-hybridized carbons (Fsp3) is 0.571. The lowest BCUT2D eigenvalue weighted by Gasteiger charge is -2.36. The van der Waals surface area contributed by atoms with Crippen LogP contribution in [0.25, 0.3) is 0 Å². The topological polar surface area (TPSA) is 58.6 Å². The zero-order valence-electron chi connectivity index (χ0n) is 15.5. The fourth-order valence-electron chi connectivity index (χ4n) is 3.96. The maximum Gasteiger partial charge on any atom is 0.223 e. The van der Waals surface area contributed by atoms with Crippen molar-refractivity contribution in [3.8, 4) is 5.75 Å². The van der Waals surface area contributed by atoms with Gasteiger partial charge in [-0.15, -0.1) is 0 Å². The van der Waals surface area contributed by atoms with Gasteiger partial charge in [0.15, 0.2) is 0 Å². The van der Waals surface area contributed by atoms with Gasteiger partial charge in [0, 0.05) is 17.9 Å². The third-order valence-electron chi connectivity index (χ3n) is 5.69. The van der Waals surface area contributed by atoms with Crippen molar-refractivity contribution in [3.05, 3.63) is 41.0 Å². The Hall–Kier alpha value is -1.81. The number of benzene rings is 1. The number of carbonyl (C=O) groups excluding carboxylic acids is 1. The van der Waals surface area contributed by atoms with Crippen LogP contribution in [0, 0.1) is 25.7 Å². The van der Waals surface area contributed by atoms with Gasteiger partial charge in [0.1, 0.15) is 12.4 Å². The van der Waals surface area contributed by atoms with Gasteiger partial charge in [0.2, 0.25) is 5.91 Å². The van der Waals surface area contributed by atoms with Crippen LogP contribution < -0.4 is 10.1 Å². The summed E-state index contributed by atoms with van der Waals surface area (Å²) in [7, 11) is 0. The zero-order valence-corrected chi connectivity index (χ0v) is 15.5. The number of aliphatic hydroxyl groups is 1. The highest BCUT2D eigenvalue weighted by atomic mass is 16.5. The standard InChI is InChI=1S/C21H29NO3/c1-5-10-25-18-11-12(2)16-8-9-17(20(23)19(16)14(18)4)13(3)21(24)22-15-6-7-15/h5,11,13,15,17,20,23H,1,6-10H2,2-4H3,(H,22,24)/t13-,17?,20+/m0/s1. The molecule has 3 rings (SSSR count). The first-order chi connectivity index (χ1) is 11.9. The Balaban J connectivity index is 1.87. The molecule has 2 N–H and O–H groups in total. The molecule has 4 nitrogen and oxygen atoms in total. The number of hydrogen-bond donors (Lipinski definition) is 2. The maximum absolute atomic E-state index is 12.5. The predicted molar refractivity (Wildman–Crippen MR) is 98.7 cm³/mol. The van der Waals surface area contributed by atoms with Crippen molar-refractivity contribution in [2.75, 3.05) is 6.61 Å². The van der Waals surface area contributed by atoms with Crippen LogP contribution in [0.4, 0.5) is 0 Å². The van der Waals surface area contributed by atoms with Crippen LogP contribution in [0.15, 0.2) is 18.7 Å². The highest BCUT2D eigenvalue weighted by molar-refractivity contribution is 5.79. The van der Waals surface area contributed by atoms with Gasteiger partial charge < -0.3 is 15.2 Å². The number of fused-ring (bicyclic) bond motifs is 1. The summed E-state index contributed by atoms with van der Waals surface area (Å²) in [5.41, 5.74) is 4.30. The molecule has 1 saturated carbocycles. The van der Waals surface area contributed by atoms with Gasteiger partial charge in [0.05, 0.1) is 6.10 Å². The van der Waals surface area contributed by atoms with E-state index in [1.165, 1.54) is 5.56 Å². The Kier molecular flexibility index (Phi) is 5.19. The Labute approximate surface area is 150 Å². The van der Waals surface area contributed by atoms with E-state index in [2.05, 4.69) is 18.8 Å². The van der Waals surface area contributed by atoms with Crippen molar-refractivity contribution >= 4 is 5.91 Å². The quantitative estimate of drug-likeness (QED) is 0.779. The molecule has 4 heteroatoms. The molecule has 136 valence electrons. The second-order valence-corrected chi connectivity index (χ2v) is 7.53. The molecule has 0 aromatic heterocycles. The van der Waals surface area contributed by atoms with Crippen molar-refractivity contribution < 1.29 is 14.6 Å². The van der Waals surface area contributed by atoms with Crippen LogP contribution in [0.3, 0.4) is 0 Å². The summed E-state index contributed by atoms with van der Waals surface area (Å²) >= 11 is 0. The first-order valence-corrected chi connectivity index (χ1v) is 9.29. The summed E-state index contributed by atoms with van der Waals surface area (Å²) in [6.45, 7) is 10.1. The third-order valence-corrected chi connectivity index (χ3v) is 5.69. The minimum absolute atomic E-state index is 0.0565. The van der Waals surface area contributed by atoms with Crippen LogP contribution in [0.2, 0.25) is 0 Å². The molecule has 0 heterocycles. The van der Waals surface area contributed by atoms with Crippen LogP contribution in [-0.4, -0.2) is 23.7 Å². The number of aliphatic hydroxyl groups excluding tert-OH is 1. The number of hydrogen-bond acceptors (Lipinski definition) is 3. The van der Waals surface area contributed by atoms with Gasteiger partial charge in [-0.3, -0.25) is 4.79 Å². The predicted octanol–water partition coefficient (Wildman–Crippen LogP) is 3.38. The third kappa shape index (κ3) is 3.59. The number of carbonyl (C=O) groups is 1. The molecule has 2 aliphatic carbocycles. The minimum Gasteiger partial charge on any atom is -0.489 e. The van der Waals surface area contributed by atoms with Crippen molar-refractivity contribution in [2.24, 2.45) is 11.8 Å². The smallest absolute Gasteiger partial charge is 0.223 e. The molecular formula is C21H29NO3. The molecule has 3 atom stereocenters. The van der Waals surface area contributed by atoms with Crippen molar-refractivity contribution in [1.29, 1.82) is 0 Å². The van der Waals surface area contributed by atoms with Crippen molar-refractivity contribution in [2.45, 2.75) is 58.6 Å². The molecule has 1 aromatic carbocycles. The molecule has 0 bridgehead atoms. The summed E-state index contributed by atoms with van der Waals surface area (Å²) < 4.78 is 5.78.